The lowest BCUT2D eigenvalue weighted by Crippen LogP contribution is -2.54. The largest absolute Gasteiger partial charge is 0.373 e. The van der Waals surface area contributed by atoms with E-state index in [0.717, 1.165) is 12.1 Å². The van der Waals surface area contributed by atoms with Crippen LogP contribution in [0.4, 0.5) is 5.69 Å². The van der Waals surface area contributed by atoms with E-state index in [0.29, 0.717) is 19.7 Å². The van der Waals surface area contributed by atoms with Gasteiger partial charge in [0.15, 0.2) is 0 Å². The van der Waals surface area contributed by atoms with Crippen molar-refractivity contribution >= 4 is 11.6 Å². The highest BCUT2D eigenvalue weighted by atomic mass is 16.5. The number of nitrogens with zero attached hydrogens (tertiary/aromatic N) is 1. The molecule has 0 aromatic heterocycles. The summed E-state index contributed by atoms with van der Waals surface area (Å²) >= 11 is 0. The van der Waals surface area contributed by atoms with Gasteiger partial charge in [0.2, 0.25) is 5.91 Å². The van der Waals surface area contributed by atoms with Gasteiger partial charge in [0, 0.05) is 25.2 Å². The number of ether oxygens (including phenoxy) is 1. The van der Waals surface area contributed by atoms with Crippen LogP contribution in [0, 0.1) is 0 Å². The number of fused-ring (bicyclic) bond motifs is 1. The number of anilines is 1. The summed E-state index contributed by atoms with van der Waals surface area (Å²) in [5.41, 5.74) is 2.08. The van der Waals surface area contributed by atoms with Gasteiger partial charge in [-0.1, -0.05) is 18.2 Å². The van der Waals surface area contributed by atoms with Gasteiger partial charge in [-0.25, -0.2) is 0 Å². The monoisotopic (exact) mass is 260 g/mol. The Balaban J connectivity index is 1.70. The molecule has 1 atom stereocenters. The van der Waals surface area contributed by atoms with Crippen LogP contribution >= 0.6 is 0 Å². The van der Waals surface area contributed by atoms with Crippen LogP contribution in [0.1, 0.15) is 19.4 Å². The van der Waals surface area contributed by atoms with Crippen LogP contribution in [0.2, 0.25) is 0 Å². The van der Waals surface area contributed by atoms with E-state index in [4.69, 9.17) is 4.74 Å². The molecule has 4 heteroatoms. The number of hydrogen-bond donors (Lipinski definition) is 1. The summed E-state index contributed by atoms with van der Waals surface area (Å²) in [5, 5.41) is 3.33. The fourth-order valence-corrected chi connectivity index (χ4v) is 2.87. The Hall–Kier alpha value is -1.55. The standard InChI is InChI=1S/C15H20N2O2/c1-15(2)10-17(7-8-19-15)14(18)13-9-11-5-3-4-6-12(11)16-13/h3-6,13,16H,7-10H2,1-2H3. The zero-order chi connectivity index (χ0) is 13.5. The van der Waals surface area contributed by atoms with Crippen LogP contribution < -0.4 is 5.32 Å². The predicted molar refractivity (Wildman–Crippen MR) is 74.2 cm³/mol. The van der Waals surface area contributed by atoms with E-state index < -0.39 is 0 Å². The van der Waals surface area contributed by atoms with Gasteiger partial charge in [0.25, 0.3) is 0 Å². The van der Waals surface area contributed by atoms with Crippen molar-refractivity contribution < 1.29 is 9.53 Å². The number of para-hydroxylation sites is 1. The van der Waals surface area contributed by atoms with E-state index in [2.05, 4.69) is 11.4 Å². The van der Waals surface area contributed by atoms with Crippen molar-refractivity contribution in [2.45, 2.75) is 31.9 Å². The first-order valence-corrected chi connectivity index (χ1v) is 6.82. The van der Waals surface area contributed by atoms with E-state index in [-0.39, 0.29) is 17.6 Å². The van der Waals surface area contributed by atoms with Crippen molar-refractivity contribution in [1.82, 2.24) is 4.90 Å². The van der Waals surface area contributed by atoms with Gasteiger partial charge in [0.05, 0.1) is 12.2 Å². The maximum Gasteiger partial charge on any atom is 0.245 e. The van der Waals surface area contributed by atoms with Crippen LogP contribution in [0.15, 0.2) is 24.3 Å². The van der Waals surface area contributed by atoms with Gasteiger partial charge < -0.3 is 15.0 Å². The van der Waals surface area contributed by atoms with Crippen molar-refractivity contribution in [3.8, 4) is 0 Å². The molecule has 0 saturated carbocycles. The van der Waals surface area contributed by atoms with Gasteiger partial charge in [-0.2, -0.15) is 0 Å². The number of hydrogen-bond acceptors (Lipinski definition) is 3. The first kappa shape index (κ1) is 12.5. The molecule has 19 heavy (non-hydrogen) atoms. The second-order valence-corrected chi connectivity index (χ2v) is 5.93. The molecule has 1 aromatic carbocycles. The van der Waals surface area contributed by atoms with Crippen LogP contribution in [0.25, 0.3) is 0 Å². The SMILES string of the molecule is CC1(C)CN(C(=O)C2Cc3ccccc3N2)CCO1. The van der Waals surface area contributed by atoms with Crippen molar-refractivity contribution in [2.75, 3.05) is 25.0 Å². The quantitative estimate of drug-likeness (QED) is 0.835. The molecule has 0 aliphatic carbocycles. The van der Waals surface area contributed by atoms with Crippen LogP contribution in [0.3, 0.4) is 0 Å². The Morgan fingerprint density at radius 2 is 2.21 bits per heavy atom. The first-order valence-electron chi connectivity index (χ1n) is 6.82. The van der Waals surface area contributed by atoms with Gasteiger partial charge in [-0.3, -0.25) is 4.79 Å². The Morgan fingerprint density at radius 1 is 1.42 bits per heavy atom. The molecule has 102 valence electrons. The van der Waals surface area contributed by atoms with Crippen molar-refractivity contribution in [3.05, 3.63) is 29.8 Å². The molecule has 0 radical (unpaired) electrons. The first-order chi connectivity index (χ1) is 9.05. The summed E-state index contributed by atoms with van der Waals surface area (Å²) in [6, 6.07) is 8.01. The molecule has 0 spiro atoms. The molecule has 4 nitrogen and oxygen atoms in total. The smallest absolute Gasteiger partial charge is 0.245 e. The molecule has 2 aliphatic heterocycles. The van der Waals surface area contributed by atoms with E-state index in [9.17, 15) is 4.79 Å². The van der Waals surface area contributed by atoms with Crippen molar-refractivity contribution in [2.24, 2.45) is 0 Å². The van der Waals surface area contributed by atoms with Crippen molar-refractivity contribution in [3.63, 3.8) is 0 Å². The zero-order valence-electron chi connectivity index (χ0n) is 11.5. The third-order valence-corrected chi connectivity index (χ3v) is 3.81. The van der Waals surface area contributed by atoms with Crippen molar-refractivity contribution in [1.29, 1.82) is 0 Å². The molecule has 1 unspecified atom stereocenters. The predicted octanol–water partition coefficient (Wildman–Crippen LogP) is 1.66. The van der Waals surface area contributed by atoms with E-state index in [1.54, 1.807) is 0 Å². The number of morpholine rings is 1. The molecular formula is C15H20N2O2. The molecule has 1 fully saturated rings. The summed E-state index contributed by atoms with van der Waals surface area (Å²) in [4.78, 5) is 14.5. The Kier molecular flexibility index (Phi) is 2.97. The molecule has 2 heterocycles. The molecule has 1 N–H and O–H groups in total. The van der Waals surface area contributed by atoms with E-state index in [1.165, 1.54) is 5.56 Å². The Bertz CT molecular complexity index is 474. The number of carbonyl (C=O) groups is 1. The summed E-state index contributed by atoms with van der Waals surface area (Å²) < 4.78 is 5.66. The fraction of sp³-hybridized carbons (Fsp3) is 0.533. The summed E-state index contributed by atoms with van der Waals surface area (Å²) in [7, 11) is 0. The third-order valence-electron chi connectivity index (χ3n) is 3.81. The number of benzene rings is 1. The summed E-state index contributed by atoms with van der Waals surface area (Å²) in [6.45, 7) is 6.04. The number of nitrogens with one attached hydrogen (secondary N) is 1. The average molecular weight is 260 g/mol. The minimum Gasteiger partial charge on any atom is -0.373 e. The second-order valence-electron chi connectivity index (χ2n) is 5.93. The highest BCUT2D eigenvalue weighted by Gasteiger charge is 2.35. The number of rotatable bonds is 1. The molecule has 1 saturated heterocycles. The maximum absolute atomic E-state index is 12.6. The van der Waals surface area contributed by atoms with Crippen LogP contribution in [-0.4, -0.2) is 42.1 Å². The zero-order valence-corrected chi connectivity index (χ0v) is 11.5. The van der Waals surface area contributed by atoms with Gasteiger partial charge in [0.1, 0.15) is 6.04 Å². The molecule has 3 rings (SSSR count). The number of carbonyl (C=O) groups excluding carboxylic acids is 1. The summed E-state index contributed by atoms with van der Waals surface area (Å²) in [6.07, 6.45) is 0.785. The molecule has 1 amide bonds. The fourth-order valence-electron chi connectivity index (χ4n) is 2.87. The second kappa shape index (κ2) is 4.53. The summed E-state index contributed by atoms with van der Waals surface area (Å²) in [5.74, 6) is 0.188. The minimum absolute atomic E-state index is 0.119. The van der Waals surface area contributed by atoms with Gasteiger partial charge in [-0.05, 0) is 25.5 Å². The van der Waals surface area contributed by atoms with Gasteiger partial charge in [-0.15, -0.1) is 0 Å². The Labute approximate surface area is 113 Å². The molecule has 2 aliphatic rings. The lowest BCUT2D eigenvalue weighted by molar-refractivity contribution is -0.146. The van der Waals surface area contributed by atoms with Gasteiger partial charge >= 0.3 is 0 Å². The van der Waals surface area contributed by atoms with E-state index >= 15 is 0 Å². The third kappa shape index (κ3) is 2.45. The highest BCUT2D eigenvalue weighted by Crippen LogP contribution is 2.27. The van der Waals surface area contributed by atoms with Crippen LogP contribution in [0.5, 0.6) is 0 Å². The Morgan fingerprint density at radius 3 is 2.95 bits per heavy atom. The molecule has 1 aromatic rings. The average Bonchev–Trinajstić information content (AvgIpc) is 2.80. The number of amides is 1. The molecular weight excluding hydrogens is 240 g/mol. The lowest BCUT2D eigenvalue weighted by atomic mass is 10.1. The normalized spacial score (nSPS) is 24.7. The van der Waals surface area contributed by atoms with E-state index in [1.807, 2.05) is 36.9 Å². The maximum atomic E-state index is 12.6. The highest BCUT2D eigenvalue weighted by molar-refractivity contribution is 5.87. The topological polar surface area (TPSA) is 41.6 Å². The molecule has 0 bridgehead atoms. The minimum atomic E-state index is -0.237. The van der Waals surface area contributed by atoms with Crippen LogP contribution in [-0.2, 0) is 16.0 Å². The lowest BCUT2D eigenvalue weighted by Gasteiger charge is -2.39.